The summed E-state index contributed by atoms with van der Waals surface area (Å²) in [5.41, 5.74) is 0. The summed E-state index contributed by atoms with van der Waals surface area (Å²) in [7, 11) is 0. The van der Waals surface area contributed by atoms with Gasteiger partial charge < -0.3 is 15.7 Å². The van der Waals surface area contributed by atoms with E-state index in [1.165, 1.54) is 0 Å². The van der Waals surface area contributed by atoms with Crippen LogP contribution >= 0.6 is 0 Å². The van der Waals surface area contributed by atoms with Gasteiger partial charge in [0.15, 0.2) is 0 Å². The van der Waals surface area contributed by atoms with Gasteiger partial charge in [-0.05, 0) is 37.6 Å². The number of carboxylic acids is 1. The molecule has 5 heteroatoms. The van der Waals surface area contributed by atoms with Crippen LogP contribution in [0.25, 0.3) is 0 Å². The second-order valence-corrected chi connectivity index (χ2v) is 5.58. The number of hydrogen-bond donors (Lipinski definition) is 3. The zero-order valence-corrected chi connectivity index (χ0v) is 10.8. The van der Waals surface area contributed by atoms with Gasteiger partial charge in [0.05, 0.1) is 12.0 Å². The van der Waals surface area contributed by atoms with E-state index in [0.29, 0.717) is 12.5 Å². The summed E-state index contributed by atoms with van der Waals surface area (Å²) in [5.74, 6) is -0.513. The van der Waals surface area contributed by atoms with Gasteiger partial charge >= 0.3 is 5.97 Å². The van der Waals surface area contributed by atoms with Crippen molar-refractivity contribution in [1.29, 1.82) is 0 Å². The Hall–Kier alpha value is -1.10. The van der Waals surface area contributed by atoms with Crippen molar-refractivity contribution in [2.45, 2.75) is 38.6 Å². The largest absolute Gasteiger partial charge is 0.481 e. The Labute approximate surface area is 107 Å². The Kier molecular flexibility index (Phi) is 4.22. The van der Waals surface area contributed by atoms with E-state index in [-0.39, 0.29) is 23.8 Å². The quantitative estimate of drug-likeness (QED) is 0.686. The van der Waals surface area contributed by atoms with E-state index in [1.54, 1.807) is 0 Å². The molecule has 2 aliphatic rings. The minimum Gasteiger partial charge on any atom is -0.481 e. The first-order chi connectivity index (χ1) is 8.59. The lowest BCUT2D eigenvalue weighted by atomic mass is 9.96. The van der Waals surface area contributed by atoms with Crippen molar-refractivity contribution in [2.75, 3.05) is 13.1 Å². The van der Waals surface area contributed by atoms with Crippen molar-refractivity contribution in [3.63, 3.8) is 0 Å². The number of hydrogen-bond acceptors (Lipinski definition) is 3. The standard InChI is InChI=1S/C13H22N2O3/c1-8-5-6-14-11(8)12(16)15-7-9-3-2-4-10(9)13(17)18/h8-11,14H,2-7H2,1H3,(H,15,16)(H,17,18). The fraction of sp³-hybridized carbons (Fsp3) is 0.846. The van der Waals surface area contributed by atoms with E-state index < -0.39 is 5.97 Å². The third-order valence-corrected chi connectivity index (χ3v) is 4.33. The Morgan fingerprint density at radius 1 is 1.33 bits per heavy atom. The highest BCUT2D eigenvalue weighted by Crippen LogP contribution is 2.31. The lowest BCUT2D eigenvalue weighted by Gasteiger charge is -2.19. The molecule has 1 saturated heterocycles. The number of aliphatic carboxylic acids is 1. The van der Waals surface area contributed by atoms with Crippen molar-refractivity contribution in [2.24, 2.45) is 17.8 Å². The zero-order chi connectivity index (χ0) is 13.1. The van der Waals surface area contributed by atoms with Gasteiger partial charge in [-0.25, -0.2) is 0 Å². The van der Waals surface area contributed by atoms with Gasteiger partial charge in [-0.3, -0.25) is 9.59 Å². The number of rotatable bonds is 4. The third-order valence-electron chi connectivity index (χ3n) is 4.33. The van der Waals surface area contributed by atoms with Gasteiger partial charge in [-0.1, -0.05) is 13.3 Å². The Balaban J connectivity index is 1.80. The zero-order valence-electron chi connectivity index (χ0n) is 10.8. The molecule has 5 nitrogen and oxygen atoms in total. The number of carboxylic acid groups (broad SMARTS) is 1. The van der Waals surface area contributed by atoms with Gasteiger partial charge in [-0.15, -0.1) is 0 Å². The fourth-order valence-corrected chi connectivity index (χ4v) is 3.13. The molecule has 1 aliphatic heterocycles. The SMILES string of the molecule is CC1CCNC1C(=O)NCC1CCCC1C(=O)O. The summed E-state index contributed by atoms with van der Waals surface area (Å²) in [6.45, 7) is 3.46. The van der Waals surface area contributed by atoms with Gasteiger partial charge in [0, 0.05) is 6.54 Å². The highest BCUT2D eigenvalue weighted by molar-refractivity contribution is 5.82. The molecule has 1 heterocycles. The molecule has 0 aromatic heterocycles. The van der Waals surface area contributed by atoms with Gasteiger partial charge in [-0.2, -0.15) is 0 Å². The fourth-order valence-electron chi connectivity index (χ4n) is 3.13. The molecule has 1 amide bonds. The van der Waals surface area contributed by atoms with Crippen LogP contribution in [-0.2, 0) is 9.59 Å². The lowest BCUT2D eigenvalue weighted by Crippen LogP contribution is -2.45. The predicted octanol–water partition coefficient (Wildman–Crippen LogP) is 0.601. The van der Waals surface area contributed by atoms with Crippen LogP contribution in [-0.4, -0.2) is 36.1 Å². The maximum atomic E-state index is 12.0. The number of amides is 1. The molecule has 0 bridgehead atoms. The molecule has 18 heavy (non-hydrogen) atoms. The van der Waals surface area contributed by atoms with Crippen LogP contribution in [0.5, 0.6) is 0 Å². The molecular formula is C13H22N2O3. The number of nitrogens with one attached hydrogen (secondary N) is 2. The van der Waals surface area contributed by atoms with Crippen LogP contribution in [0.1, 0.15) is 32.6 Å². The van der Waals surface area contributed by atoms with Crippen LogP contribution in [0.2, 0.25) is 0 Å². The average Bonchev–Trinajstić information content (AvgIpc) is 2.94. The Morgan fingerprint density at radius 2 is 2.11 bits per heavy atom. The lowest BCUT2D eigenvalue weighted by molar-refractivity contribution is -0.143. The minimum absolute atomic E-state index is 0.0241. The molecule has 0 aromatic carbocycles. The smallest absolute Gasteiger partial charge is 0.306 e. The highest BCUT2D eigenvalue weighted by atomic mass is 16.4. The van der Waals surface area contributed by atoms with Gasteiger partial charge in [0.2, 0.25) is 5.91 Å². The summed E-state index contributed by atoms with van der Waals surface area (Å²) < 4.78 is 0. The summed E-state index contributed by atoms with van der Waals surface area (Å²) in [4.78, 5) is 23.0. The maximum Gasteiger partial charge on any atom is 0.306 e. The van der Waals surface area contributed by atoms with E-state index in [9.17, 15) is 9.59 Å². The van der Waals surface area contributed by atoms with Gasteiger partial charge in [0.25, 0.3) is 0 Å². The molecule has 102 valence electrons. The van der Waals surface area contributed by atoms with Crippen molar-refractivity contribution in [3.8, 4) is 0 Å². The molecule has 1 saturated carbocycles. The Morgan fingerprint density at radius 3 is 2.72 bits per heavy atom. The van der Waals surface area contributed by atoms with E-state index in [1.807, 2.05) is 0 Å². The second-order valence-electron chi connectivity index (χ2n) is 5.58. The van der Waals surface area contributed by atoms with Crippen molar-refractivity contribution in [1.82, 2.24) is 10.6 Å². The normalized spacial score (nSPS) is 35.6. The first-order valence-corrected chi connectivity index (χ1v) is 6.83. The van der Waals surface area contributed by atoms with Crippen LogP contribution in [0, 0.1) is 17.8 Å². The van der Waals surface area contributed by atoms with Crippen LogP contribution in [0.15, 0.2) is 0 Å². The second kappa shape index (κ2) is 5.69. The maximum absolute atomic E-state index is 12.0. The van der Waals surface area contributed by atoms with Crippen molar-refractivity contribution >= 4 is 11.9 Å². The van der Waals surface area contributed by atoms with E-state index in [2.05, 4.69) is 17.6 Å². The van der Waals surface area contributed by atoms with Crippen molar-refractivity contribution < 1.29 is 14.7 Å². The Bertz CT molecular complexity index is 332. The van der Waals surface area contributed by atoms with Crippen molar-refractivity contribution in [3.05, 3.63) is 0 Å². The molecule has 0 aromatic rings. The molecular weight excluding hydrogens is 232 g/mol. The topological polar surface area (TPSA) is 78.4 Å². The van der Waals surface area contributed by atoms with E-state index in [4.69, 9.17) is 5.11 Å². The third kappa shape index (κ3) is 2.83. The summed E-state index contributed by atoms with van der Waals surface area (Å²) in [5, 5.41) is 15.2. The van der Waals surface area contributed by atoms with Crippen LogP contribution in [0.3, 0.4) is 0 Å². The van der Waals surface area contributed by atoms with E-state index in [0.717, 1.165) is 32.2 Å². The minimum atomic E-state index is -0.723. The molecule has 0 radical (unpaired) electrons. The predicted molar refractivity (Wildman–Crippen MR) is 67.0 cm³/mol. The molecule has 2 rings (SSSR count). The molecule has 1 aliphatic carbocycles. The number of carbonyl (C=O) groups is 2. The first kappa shape index (κ1) is 13.3. The van der Waals surface area contributed by atoms with E-state index >= 15 is 0 Å². The average molecular weight is 254 g/mol. The summed E-state index contributed by atoms with van der Waals surface area (Å²) in [6, 6.07) is -0.102. The number of carbonyl (C=O) groups excluding carboxylic acids is 1. The van der Waals surface area contributed by atoms with Crippen LogP contribution in [0.4, 0.5) is 0 Å². The highest BCUT2D eigenvalue weighted by Gasteiger charge is 2.34. The monoisotopic (exact) mass is 254 g/mol. The molecule has 0 spiro atoms. The molecule has 3 N–H and O–H groups in total. The van der Waals surface area contributed by atoms with Crippen LogP contribution < -0.4 is 10.6 Å². The molecule has 2 fully saturated rings. The summed E-state index contributed by atoms with van der Waals surface area (Å²) >= 11 is 0. The summed E-state index contributed by atoms with van der Waals surface area (Å²) in [6.07, 6.45) is 3.63. The first-order valence-electron chi connectivity index (χ1n) is 6.83. The molecule has 4 atom stereocenters. The van der Waals surface area contributed by atoms with Gasteiger partial charge in [0.1, 0.15) is 0 Å². The molecule has 4 unspecified atom stereocenters.